The van der Waals surface area contributed by atoms with E-state index in [0.29, 0.717) is 10.8 Å². The second-order valence-electron chi connectivity index (χ2n) is 5.95. The van der Waals surface area contributed by atoms with Crippen molar-refractivity contribution >= 4 is 50.1 Å². The van der Waals surface area contributed by atoms with Crippen LogP contribution in [-0.4, -0.2) is 31.4 Å². The van der Waals surface area contributed by atoms with Gasteiger partial charge in [-0.15, -0.1) is 0 Å². The van der Waals surface area contributed by atoms with Gasteiger partial charge >= 0.3 is 5.97 Å². The molecule has 7 N–H and O–H groups in total. The molecule has 0 radical (unpaired) electrons. The molecule has 27 heavy (non-hydrogen) atoms. The second-order valence-corrected chi connectivity index (χ2v) is 8.00. The number of halogens is 1. The van der Waals surface area contributed by atoms with Crippen molar-refractivity contribution in [3.63, 3.8) is 0 Å². The first-order chi connectivity index (χ1) is 12.5. The Morgan fingerprint density at radius 1 is 1.30 bits per heavy atom. The number of benzene rings is 1. The van der Waals surface area contributed by atoms with Crippen LogP contribution >= 0.6 is 11.6 Å². The zero-order chi connectivity index (χ0) is 20.4. The summed E-state index contributed by atoms with van der Waals surface area (Å²) in [5.41, 5.74) is 16.3. The van der Waals surface area contributed by atoms with Crippen molar-refractivity contribution in [1.29, 1.82) is 0 Å². The molecule has 2 aromatic rings. The number of hydrogen-bond acceptors (Lipinski definition) is 7. The first kappa shape index (κ1) is 20.8. The number of nitrogens with two attached hydrogens (primary N) is 3. The summed E-state index contributed by atoms with van der Waals surface area (Å²) in [5, 5.41) is 1.07. The molecule has 1 atom stereocenters. The molecule has 12 heteroatoms. The molecule has 0 unspecified atom stereocenters. The molecule has 0 bridgehead atoms. The van der Waals surface area contributed by atoms with E-state index in [2.05, 4.69) is 14.8 Å². The quantitative estimate of drug-likeness (QED) is 0.300. The topological polar surface area (TPSA) is 176 Å². The van der Waals surface area contributed by atoms with Crippen LogP contribution in [0.5, 0.6) is 0 Å². The van der Waals surface area contributed by atoms with Crippen LogP contribution in [0.3, 0.4) is 0 Å². The number of aliphatic imine (C=N–C) groups is 1. The van der Waals surface area contributed by atoms with Crippen LogP contribution in [-0.2, 0) is 19.7 Å². The zero-order valence-electron chi connectivity index (χ0n) is 14.5. The van der Waals surface area contributed by atoms with Crippen molar-refractivity contribution in [2.45, 2.75) is 24.8 Å². The molecular formula is C15H19ClN6O4S. The number of aromatic nitrogens is 1. The Morgan fingerprint density at radius 2 is 1.96 bits per heavy atom. The smallest absolute Gasteiger partial charge is 0.342 e. The van der Waals surface area contributed by atoms with E-state index in [-0.39, 0.29) is 27.6 Å². The van der Waals surface area contributed by atoms with Gasteiger partial charge in [-0.2, -0.15) is 4.99 Å². The van der Waals surface area contributed by atoms with Crippen molar-refractivity contribution < 1.29 is 18.0 Å². The van der Waals surface area contributed by atoms with E-state index >= 15 is 0 Å². The van der Waals surface area contributed by atoms with Gasteiger partial charge in [0.1, 0.15) is 6.04 Å². The van der Waals surface area contributed by atoms with Gasteiger partial charge in [0, 0.05) is 17.0 Å². The van der Waals surface area contributed by atoms with Crippen molar-refractivity contribution in [1.82, 2.24) is 9.87 Å². The van der Waals surface area contributed by atoms with Gasteiger partial charge in [0.25, 0.3) is 10.0 Å². The normalized spacial score (nSPS) is 12.8. The number of carbonyl (C=O) groups excluding carboxylic acids is 1. The van der Waals surface area contributed by atoms with Crippen molar-refractivity contribution in [2.24, 2.45) is 28.1 Å². The van der Waals surface area contributed by atoms with Gasteiger partial charge in [0.15, 0.2) is 11.8 Å². The highest BCUT2D eigenvalue weighted by molar-refractivity contribution is 7.89. The van der Waals surface area contributed by atoms with Crippen LogP contribution < -0.4 is 22.1 Å². The second kappa shape index (κ2) is 8.05. The van der Waals surface area contributed by atoms with Crippen molar-refractivity contribution in [3.05, 3.63) is 29.4 Å². The van der Waals surface area contributed by atoms with Gasteiger partial charge in [-0.05, 0) is 22.9 Å². The number of guanidine groups is 1. The Morgan fingerprint density at radius 3 is 2.56 bits per heavy atom. The predicted molar refractivity (Wildman–Crippen MR) is 101 cm³/mol. The van der Waals surface area contributed by atoms with Gasteiger partial charge in [-0.1, -0.05) is 31.5 Å². The number of nitrogens with one attached hydrogen (secondary N) is 1. The first-order valence-corrected chi connectivity index (χ1v) is 9.55. The Kier molecular flexibility index (Phi) is 6.21. The highest BCUT2D eigenvalue weighted by atomic mass is 35.5. The van der Waals surface area contributed by atoms with Gasteiger partial charge < -0.3 is 22.0 Å². The Balaban J connectivity index is 2.40. The minimum atomic E-state index is -4.19. The molecular weight excluding hydrogens is 396 g/mol. The van der Waals surface area contributed by atoms with Gasteiger partial charge in [-0.25, -0.2) is 18.2 Å². The molecule has 0 spiro atoms. The van der Waals surface area contributed by atoms with Crippen LogP contribution in [0.2, 0.25) is 5.02 Å². The summed E-state index contributed by atoms with van der Waals surface area (Å²) in [7, 11) is -4.19. The minimum Gasteiger partial charge on any atom is -0.370 e. The van der Waals surface area contributed by atoms with Crippen molar-refractivity contribution in [3.8, 4) is 0 Å². The average molecular weight is 415 g/mol. The van der Waals surface area contributed by atoms with Crippen LogP contribution in [0.15, 0.2) is 34.3 Å². The van der Waals surface area contributed by atoms with Crippen LogP contribution in [0.25, 0.3) is 10.8 Å². The van der Waals surface area contributed by atoms with Crippen LogP contribution in [0, 0.1) is 5.92 Å². The summed E-state index contributed by atoms with van der Waals surface area (Å²) in [4.78, 5) is 25.7. The fourth-order valence-corrected chi connectivity index (χ4v) is 3.06. The van der Waals surface area contributed by atoms with Gasteiger partial charge in [0.2, 0.25) is 0 Å². The number of nitrogens with zero attached hydrogens (tertiary/aromatic N) is 2. The molecule has 0 amide bonds. The number of sulfonamides is 1. The van der Waals surface area contributed by atoms with Crippen LogP contribution in [0.4, 0.5) is 5.82 Å². The maximum absolute atomic E-state index is 12.4. The lowest BCUT2D eigenvalue weighted by Gasteiger charge is -2.14. The summed E-state index contributed by atoms with van der Waals surface area (Å²) in [6, 6.07) is 3.03. The molecule has 0 aliphatic heterocycles. The lowest BCUT2D eigenvalue weighted by molar-refractivity contribution is -0.149. The summed E-state index contributed by atoms with van der Waals surface area (Å²) >= 11 is 6.08. The summed E-state index contributed by atoms with van der Waals surface area (Å²) in [6.45, 7) is 3.40. The fraction of sp³-hybridized carbons (Fsp3) is 0.267. The Hall–Kier alpha value is -2.47. The lowest BCUT2D eigenvalue weighted by atomic mass is 10.1. The van der Waals surface area contributed by atoms with E-state index < -0.39 is 22.0 Å². The fourth-order valence-electron chi connectivity index (χ4n) is 2.04. The minimum absolute atomic E-state index is 0.0882. The molecule has 1 aromatic heterocycles. The summed E-state index contributed by atoms with van der Waals surface area (Å²) < 4.78 is 24.8. The lowest BCUT2D eigenvalue weighted by Crippen LogP contribution is -2.41. The largest absolute Gasteiger partial charge is 0.370 e. The summed E-state index contributed by atoms with van der Waals surface area (Å²) in [5.74, 6) is -1.29. The number of fused-ring (bicyclic) bond motifs is 1. The van der Waals surface area contributed by atoms with E-state index in [1.54, 1.807) is 18.7 Å². The standard InChI is InChI=1S/C15H19ClN6O4S/c1-7(2)12(17)14(23)26-22-27(24,25)8-3-4-9-10(5-8)13(21-15(18)19)20-6-11(9)16/h3-7,12,22H,17H2,1-2H3,(H4,18,19,20,21)/t12-/m0/s1. The average Bonchev–Trinajstić information content (AvgIpc) is 2.60. The third-order valence-corrected chi connectivity index (χ3v) is 5.06. The van der Waals surface area contributed by atoms with E-state index in [9.17, 15) is 13.2 Å². The Bertz CT molecular complexity index is 1000. The number of carbonyl (C=O) groups is 1. The van der Waals surface area contributed by atoms with E-state index in [4.69, 9.17) is 28.8 Å². The highest BCUT2D eigenvalue weighted by Gasteiger charge is 2.23. The SMILES string of the molecule is CC(C)[C@H](N)C(=O)ONS(=O)(=O)c1ccc2c(Cl)cnc(N=C(N)N)c2c1. The zero-order valence-corrected chi connectivity index (χ0v) is 16.1. The van der Waals surface area contributed by atoms with E-state index in [1.807, 2.05) is 0 Å². The van der Waals surface area contributed by atoms with E-state index in [1.165, 1.54) is 24.4 Å². The molecule has 0 aliphatic carbocycles. The number of hydrogen-bond donors (Lipinski definition) is 4. The molecule has 1 heterocycles. The third-order valence-electron chi connectivity index (χ3n) is 3.58. The van der Waals surface area contributed by atoms with Gasteiger partial charge in [0.05, 0.1) is 9.92 Å². The molecule has 146 valence electrons. The molecule has 0 saturated heterocycles. The molecule has 0 aliphatic rings. The van der Waals surface area contributed by atoms with Gasteiger partial charge in [-0.3, -0.25) is 0 Å². The number of rotatable bonds is 6. The molecule has 1 aromatic carbocycles. The van der Waals surface area contributed by atoms with E-state index in [0.717, 1.165) is 0 Å². The van der Waals surface area contributed by atoms with Crippen LogP contribution in [0.1, 0.15) is 13.8 Å². The van der Waals surface area contributed by atoms with Crippen molar-refractivity contribution in [2.75, 3.05) is 0 Å². The maximum atomic E-state index is 12.4. The Labute approximate surface area is 160 Å². The number of pyridine rings is 1. The molecule has 10 nitrogen and oxygen atoms in total. The third kappa shape index (κ3) is 4.83. The monoisotopic (exact) mass is 414 g/mol. The molecule has 2 rings (SSSR count). The molecule has 0 fully saturated rings. The highest BCUT2D eigenvalue weighted by Crippen LogP contribution is 2.31. The first-order valence-electron chi connectivity index (χ1n) is 7.69. The predicted octanol–water partition coefficient (Wildman–Crippen LogP) is 0.513. The maximum Gasteiger partial charge on any atom is 0.342 e. The molecule has 0 saturated carbocycles. The summed E-state index contributed by atoms with van der Waals surface area (Å²) in [6.07, 6.45) is 1.34.